The van der Waals surface area contributed by atoms with Crippen LogP contribution < -0.4 is 9.47 Å². The van der Waals surface area contributed by atoms with E-state index in [4.69, 9.17) is 21.1 Å². The lowest BCUT2D eigenvalue weighted by Gasteiger charge is -2.25. The quantitative estimate of drug-likeness (QED) is 0.331. The van der Waals surface area contributed by atoms with E-state index < -0.39 is 17.7 Å². The zero-order valence-corrected chi connectivity index (χ0v) is 18.7. The Kier molecular flexibility index (Phi) is 6.33. The van der Waals surface area contributed by atoms with Crippen LogP contribution in [0.3, 0.4) is 0 Å². The van der Waals surface area contributed by atoms with Crippen LogP contribution in [0.5, 0.6) is 11.5 Å². The second kappa shape index (κ2) is 9.34. The van der Waals surface area contributed by atoms with Gasteiger partial charge in [-0.1, -0.05) is 23.7 Å². The highest BCUT2D eigenvalue weighted by molar-refractivity contribution is 6.46. The molecule has 0 radical (unpaired) electrons. The van der Waals surface area contributed by atoms with Crippen LogP contribution in [-0.2, 0) is 16.1 Å². The predicted molar refractivity (Wildman–Crippen MR) is 123 cm³/mol. The average molecular weight is 465 g/mol. The van der Waals surface area contributed by atoms with Crippen molar-refractivity contribution in [1.82, 2.24) is 9.88 Å². The maximum Gasteiger partial charge on any atom is 0.295 e. The lowest BCUT2D eigenvalue weighted by atomic mass is 9.95. The maximum atomic E-state index is 13.2. The van der Waals surface area contributed by atoms with Gasteiger partial charge in [0, 0.05) is 24.0 Å². The fourth-order valence-corrected chi connectivity index (χ4v) is 3.99. The normalized spacial score (nSPS) is 17.3. The highest BCUT2D eigenvalue weighted by atomic mass is 35.5. The molecular formula is C25H21ClN2O5. The molecule has 0 spiro atoms. The van der Waals surface area contributed by atoms with Crippen LogP contribution in [0.1, 0.15) is 22.7 Å². The van der Waals surface area contributed by atoms with E-state index in [1.54, 1.807) is 67.0 Å². The number of carbonyl (C=O) groups excluding carboxylic acids is 2. The van der Waals surface area contributed by atoms with E-state index in [-0.39, 0.29) is 23.4 Å². The SMILES string of the molecule is COc1ccc(OC)c(/C(O)=C2\C(=O)C(=O)N(Cc3ccncc3)C2c2ccc(Cl)cc2)c1. The Morgan fingerprint density at radius 3 is 2.36 bits per heavy atom. The molecule has 4 rings (SSSR count). The Balaban J connectivity index is 1.91. The first kappa shape index (κ1) is 22.4. The van der Waals surface area contributed by atoms with E-state index in [0.717, 1.165) is 5.56 Å². The molecule has 1 atom stereocenters. The summed E-state index contributed by atoms with van der Waals surface area (Å²) < 4.78 is 10.7. The van der Waals surface area contributed by atoms with Gasteiger partial charge in [-0.2, -0.15) is 0 Å². The molecule has 168 valence electrons. The summed E-state index contributed by atoms with van der Waals surface area (Å²) in [6.07, 6.45) is 3.23. The summed E-state index contributed by atoms with van der Waals surface area (Å²) in [5.41, 5.74) is 1.64. The van der Waals surface area contributed by atoms with Crippen molar-refractivity contribution < 1.29 is 24.2 Å². The van der Waals surface area contributed by atoms with Crippen molar-refractivity contribution in [3.63, 3.8) is 0 Å². The number of aliphatic hydroxyl groups is 1. The minimum absolute atomic E-state index is 0.0390. The lowest BCUT2D eigenvalue weighted by Crippen LogP contribution is -2.29. The summed E-state index contributed by atoms with van der Waals surface area (Å²) in [5, 5.41) is 11.8. The number of pyridine rings is 1. The second-order valence-electron chi connectivity index (χ2n) is 7.40. The molecule has 0 aliphatic carbocycles. The predicted octanol–water partition coefficient (Wildman–Crippen LogP) is 4.37. The van der Waals surface area contributed by atoms with Gasteiger partial charge in [0.05, 0.1) is 31.4 Å². The number of aromatic nitrogens is 1. The number of hydrogen-bond acceptors (Lipinski definition) is 6. The van der Waals surface area contributed by atoms with Gasteiger partial charge in [-0.25, -0.2) is 0 Å². The third-order valence-electron chi connectivity index (χ3n) is 5.49. The summed E-state index contributed by atoms with van der Waals surface area (Å²) in [7, 11) is 2.95. The number of methoxy groups -OCH3 is 2. The van der Waals surface area contributed by atoms with E-state index in [1.165, 1.54) is 19.1 Å². The smallest absolute Gasteiger partial charge is 0.295 e. The Morgan fingerprint density at radius 2 is 1.73 bits per heavy atom. The summed E-state index contributed by atoms with van der Waals surface area (Å²) in [4.78, 5) is 31.8. The van der Waals surface area contributed by atoms with Crippen LogP contribution in [0, 0.1) is 0 Å². The Morgan fingerprint density at radius 1 is 1.03 bits per heavy atom. The lowest BCUT2D eigenvalue weighted by molar-refractivity contribution is -0.140. The van der Waals surface area contributed by atoms with Crippen molar-refractivity contribution >= 4 is 29.1 Å². The Labute approximate surface area is 195 Å². The Bertz CT molecular complexity index is 1230. The van der Waals surface area contributed by atoms with Crippen molar-refractivity contribution in [3.8, 4) is 11.5 Å². The fourth-order valence-electron chi connectivity index (χ4n) is 3.86. The number of benzene rings is 2. The topological polar surface area (TPSA) is 89.0 Å². The van der Waals surface area contributed by atoms with Gasteiger partial charge in [-0.3, -0.25) is 14.6 Å². The van der Waals surface area contributed by atoms with Gasteiger partial charge in [0.1, 0.15) is 17.3 Å². The molecule has 1 aromatic heterocycles. The van der Waals surface area contributed by atoms with Crippen LogP contribution in [0.2, 0.25) is 5.02 Å². The van der Waals surface area contributed by atoms with Gasteiger partial charge in [0.15, 0.2) is 0 Å². The molecule has 1 unspecified atom stereocenters. The first-order chi connectivity index (χ1) is 15.9. The van der Waals surface area contributed by atoms with E-state index in [1.807, 2.05) is 0 Å². The van der Waals surface area contributed by atoms with Gasteiger partial charge in [0.25, 0.3) is 11.7 Å². The number of amides is 1. The van der Waals surface area contributed by atoms with E-state index >= 15 is 0 Å². The Hall–Kier alpha value is -3.84. The number of rotatable bonds is 6. The molecular weight excluding hydrogens is 444 g/mol. The van der Waals surface area contributed by atoms with Crippen LogP contribution >= 0.6 is 11.6 Å². The highest BCUT2D eigenvalue weighted by Gasteiger charge is 2.46. The number of carbonyl (C=O) groups is 2. The zero-order chi connectivity index (χ0) is 23.5. The third kappa shape index (κ3) is 4.27. The van der Waals surface area contributed by atoms with Crippen molar-refractivity contribution in [2.24, 2.45) is 0 Å². The van der Waals surface area contributed by atoms with Gasteiger partial charge >= 0.3 is 0 Å². The molecule has 1 aliphatic heterocycles. The maximum absolute atomic E-state index is 13.2. The highest BCUT2D eigenvalue weighted by Crippen LogP contribution is 2.42. The number of ether oxygens (including phenoxy) is 2. The molecule has 3 aromatic rings. The molecule has 2 heterocycles. The van der Waals surface area contributed by atoms with Gasteiger partial charge in [-0.05, 0) is 53.6 Å². The van der Waals surface area contributed by atoms with Gasteiger partial charge in [0.2, 0.25) is 0 Å². The first-order valence-electron chi connectivity index (χ1n) is 10.1. The summed E-state index contributed by atoms with van der Waals surface area (Å²) in [6.45, 7) is 0.159. The first-order valence-corrected chi connectivity index (χ1v) is 10.5. The largest absolute Gasteiger partial charge is 0.507 e. The number of aliphatic hydroxyl groups excluding tert-OH is 1. The molecule has 33 heavy (non-hydrogen) atoms. The van der Waals surface area contributed by atoms with Crippen molar-refractivity contribution in [2.75, 3.05) is 14.2 Å². The summed E-state index contributed by atoms with van der Waals surface area (Å²) >= 11 is 6.06. The van der Waals surface area contributed by atoms with Crippen LogP contribution in [0.25, 0.3) is 5.76 Å². The van der Waals surface area contributed by atoms with Crippen LogP contribution in [-0.4, -0.2) is 40.9 Å². The zero-order valence-electron chi connectivity index (χ0n) is 18.0. The van der Waals surface area contributed by atoms with E-state index in [2.05, 4.69) is 4.98 Å². The van der Waals surface area contributed by atoms with Gasteiger partial charge in [-0.15, -0.1) is 0 Å². The molecule has 1 N–H and O–H groups in total. The molecule has 8 heteroatoms. The van der Waals surface area contributed by atoms with E-state index in [9.17, 15) is 14.7 Å². The molecule has 2 aromatic carbocycles. The molecule has 0 saturated carbocycles. The number of likely N-dealkylation sites (tertiary alicyclic amines) is 1. The monoisotopic (exact) mass is 464 g/mol. The molecule has 0 bridgehead atoms. The molecule has 1 fully saturated rings. The molecule has 7 nitrogen and oxygen atoms in total. The van der Waals surface area contributed by atoms with Crippen molar-refractivity contribution in [2.45, 2.75) is 12.6 Å². The number of halogens is 1. The number of ketones is 1. The van der Waals surface area contributed by atoms with Gasteiger partial charge < -0.3 is 19.5 Å². The van der Waals surface area contributed by atoms with Crippen LogP contribution in [0.4, 0.5) is 0 Å². The standard InChI is InChI=1S/C25H21ClN2O5/c1-32-18-7-8-20(33-2)19(13-18)23(29)21-22(16-3-5-17(26)6-4-16)28(25(31)24(21)30)14-15-9-11-27-12-10-15/h3-13,22,29H,14H2,1-2H3/b23-21+. The molecule has 1 amide bonds. The van der Waals surface area contributed by atoms with Crippen molar-refractivity contribution in [1.29, 1.82) is 0 Å². The number of nitrogens with zero attached hydrogens (tertiary/aromatic N) is 2. The summed E-state index contributed by atoms with van der Waals surface area (Å²) in [5.74, 6) is -1.04. The summed E-state index contributed by atoms with van der Waals surface area (Å²) in [6, 6.07) is 14.4. The van der Waals surface area contributed by atoms with E-state index in [0.29, 0.717) is 22.1 Å². The minimum Gasteiger partial charge on any atom is -0.507 e. The molecule has 1 aliphatic rings. The van der Waals surface area contributed by atoms with Crippen LogP contribution in [0.15, 0.2) is 72.6 Å². The number of hydrogen-bond donors (Lipinski definition) is 1. The van der Waals surface area contributed by atoms with Crippen molar-refractivity contribution in [3.05, 3.63) is 94.3 Å². The fraction of sp³-hybridized carbons (Fsp3) is 0.160. The molecule has 1 saturated heterocycles. The minimum atomic E-state index is -0.827. The average Bonchev–Trinajstić information content (AvgIpc) is 3.09. The second-order valence-corrected chi connectivity index (χ2v) is 7.84. The third-order valence-corrected chi connectivity index (χ3v) is 5.74. The number of Topliss-reactive ketones (excluding diaryl/α,β-unsaturated/α-hetero) is 1.